The van der Waals surface area contributed by atoms with Crippen molar-refractivity contribution in [1.29, 1.82) is 0 Å². The smallest absolute Gasteiger partial charge is 0.246 e. The van der Waals surface area contributed by atoms with Gasteiger partial charge in [0.2, 0.25) is 11.8 Å². The second-order valence-corrected chi connectivity index (χ2v) is 7.59. The zero-order valence-electron chi connectivity index (χ0n) is 16.7. The number of hydrogen-bond donors (Lipinski definition) is 0. The zero-order valence-corrected chi connectivity index (χ0v) is 16.7. The van der Waals surface area contributed by atoms with E-state index >= 15 is 0 Å². The van der Waals surface area contributed by atoms with Crippen LogP contribution in [0.3, 0.4) is 0 Å². The normalized spacial score (nSPS) is 15.4. The van der Waals surface area contributed by atoms with Crippen molar-refractivity contribution in [3.8, 4) is 0 Å². The fraction of sp³-hybridized carbons (Fsp3) is 0.200. The van der Waals surface area contributed by atoms with Crippen molar-refractivity contribution in [2.75, 3.05) is 26.2 Å². The van der Waals surface area contributed by atoms with Gasteiger partial charge in [0.15, 0.2) is 5.58 Å². The van der Waals surface area contributed by atoms with Crippen LogP contribution in [0.4, 0.5) is 0 Å². The molecule has 1 aliphatic rings. The fourth-order valence-electron chi connectivity index (χ4n) is 4.01. The zero-order chi connectivity index (χ0) is 20.3. The van der Waals surface area contributed by atoms with Gasteiger partial charge in [-0.05, 0) is 28.5 Å². The molecule has 0 saturated carbocycles. The van der Waals surface area contributed by atoms with Crippen LogP contribution >= 0.6 is 0 Å². The summed E-state index contributed by atoms with van der Waals surface area (Å²) in [5, 5.41) is 2.58. The SMILES string of the molecule is O=C(/C=C/c1nc2ccccc2o1)N1CCN(Cc2cccc3ccccc23)CC1. The predicted molar refractivity (Wildman–Crippen MR) is 119 cm³/mol. The highest BCUT2D eigenvalue weighted by atomic mass is 16.3. The van der Waals surface area contributed by atoms with Gasteiger partial charge in [-0.3, -0.25) is 9.69 Å². The molecule has 0 unspecified atom stereocenters. The van der Waals surface area contributed by atoms with Crippen molar-refractivity contribution in [2.24, 2.45) is 0 Å². The maximum Gasteiger partial charge on any atom is 0.246 e. The molecule has 1 aliphatic heterocycles. The van der Waals surface area contributed by atoms with Gasteiger partial charge in [0.25, 0.3) is 0 Å². The van der Waals surface area contributed by atoms with Gasteiger partial charge >= 0.3 is 0 Å². The Labute approximate surface area is 175 Å². The Balaban J connectivity index is 1.19. The molecule has 0 spiro atoms. The molecule has 0 aliphatic carbocycles. The molecular formula is C25H23N3O2. The van der Waals surface area contributed by atoms with E-state index in [1.807, 2.05) is 29.2 Å². The molecule has 1 amide bonds. The van der Waals surface area contributed by atoms with E-state index < -0.39 is 0 Å². The second kappa shape index (κ2) is 8.13. The number of amides is 1. The highest BCUT2D eigenvalue weighted by molar-refractivity contribution is 5.91. The van der Waals surface area contributed by atoms with E-state index in [0.717, 1.165) is 43.8 Å². The van der Waals surface area contributed by atoms with E-state index in [1.165, 1.54) is 16.3 Å². The van der Waals surface area contributed by atoms with Crippen molar-refractivity contribution in [3.05, 3.63) is 84.3 Å². The molecule has 3 aromatic carbocycles. The molecule has 5 nitrogen and oxygen atoms in total. The van der Waals surface area contributed by atoms with Crippen molar-refractivity contribution in [1.82, 2.24) is 14.8 Å². The number of carbonyl (C=O) groups is 1. The molecule has 5 rings (SSSR count). The summed E-state index contributed by atoms with van der Waals surface area (Å²) in [5.41, 5.74) is 2.86. The number of nitrogens with zero attached hydrogens (tertiary/aromatic N) is 3. The van der Waals surface area contributed by atoms with E-state index in [4.69, 9.17) is 4.42 Å². The summed E-state index contributed by atoms with van der Waals surface area (Å²) in [6.07, 6.45) is 3.22. The molecule has 30 heavy (non-hydrogen) atoms. The first-order chi connectivity index (χ1) is 14.8. The maximum atomic E-state index is 12.6. The first-order valence-electron chi connectivity index (χ1n) is 10.3. The largest absolute Gasteiger partial charge is 0.437 e. The predicted octanol–water partition coefficient (Wildman–Crippen LogP) is 4.34. The summed E-state index contributed by atoms with van der Waals surface area (Å²) in [6.45, 7) is 4.09. The molecule has 150 valence electrons. The lowest BCUT2D eigenvalue weighted by molar-refractivity contribution is -0.127. The number of para-hydroxylation sites is 2. The number of fused-ring (bicyclic) bond motifs is 2. The second-order valence-electron chi connectivity index (χ2n) is 7.59. The summed E-state index contributed by atoms with van der Waals surface area (Å²) >= 11 is 0. The first-order valence-corrected chi connectivity index (χ1v) is 10.3. The van der Waals surface area contributed by atoms with Crippen LogP contribution < -0.4 is 0 Å². The fourth-order valence-corrected chi connectivity index (χ4v) is 4.01. The number of rotatable bonds is 4. The van der Waals surface area contributed by atoms with Gasteiger partial charge < -0.3 is 9.32 Å². The van der Waals surface area contributed by atoms with Gasteiger partial charge in [0.1, 0.15) is 5.52 Å². The van der Waals surface area contributed by atoms with Crippen LogP contribution in [0.1, 0.15) is 11.5 Å². The van der Waals surface area contributed by atoms with Crippen LogP contribution in [0, 0.1) is 0 Å². The molecule has 1 fully saturated rings. The average molecular weight is 397 g/mol. The molecule has 0 radical (unpaired) electrons. The lowest BCUT2D eigenvalue weighted by Crippen LogP contribution is -2.47. The summed E-state index contributed by atoms with van der Waals surface area (Å²) in [6, 6.07) is 22.6. The highest BCUT2D eigenvalue weighted by Crippen LogP contribution is 2.21. The van der Waals surface area contributed by atoms with Gasteiger partial charge in [-0.15, -0.1) is 0 Å². The average Bonchev–Trinajstić information content (AvgIpc) is 3.21. The first kappa shape index (κ1) is 18.6. The van der Waals surface area contributed by atoms with Gasteiger partial charge in [0, 0.05) is 44.9 Å². The maximum absolute atomic E-state index is 12.6. The third-order valence-electron chi connectivity index (χ3n) is 5.64. The van der Waals surface area contributed by atoms with Gasteiger partial charge in [-0.25, -0.2) is 4.98 Å². The minimum atomic E-state index is 0.00191. The topological polar surface area (TPSA) is 49.6 Å². The Morgan fingerprint density at radius 3 is 2.57 bits per heavy atom. The van der Waals surface area contributed by atoms with E-state index in [9.17, 15) is 4.79 Å². The standard InChI is InChI=1S/C25H23N3O2/c29-25(13-12-24-26-22-10-3-4-11-23(22)30-24)28-16-14-27(15-17-28)18-20-8-5-7-19-6-1-2-9-21(19)20/h1-13H,14-18H2/b13-12+. The number of piperazine rings is 1. The third-order valence-corrected chi connectivity index (χ3v) is 5.64. The summed E-state index contributed by atoms with van der Waals surface area (Å²) < 4.78 is 5.65. The lowest BCUT2D eigenvalue weighted by atomic mass is 10.0. The van der Waals surface area contributed by atoms with Gasteiger partial charge in [-0.2, -0.15) is 0 Å². The molecule has 0 atom stereocenters. The van der Waals surface area contributed by atoms with Gasteiger partial charge in [-0.1, -0.05) is 54.6 Å². The Bertz CT molecular complexity index is 1180. The van der Waals surface area contributed by atoms with Crippen LogP contribution in [-0.4, -0.2) is 46.9 Å². The molecule has 2 heterocycles. The number of aromatic nitrogens is 1. The molecule has 0 N–H and O–H groups in total. The molecule has 4 aromatic rings. The third kappa shape index (κ3) is 3.84. The number of hydrogen-bond acceptors (Lipinski definition) is 4. The van der Waals surface area contributed by atoms with Crippen LogP contribution in [0.2, 0.25) is 0 Å². The number of carbonyl (C=O) groups excluding carboxylic acids is 1. The van der Waals surface area contributed by atoms with E-state index in [-0.39, 0.29) is 5.91 Å². The quantitative estimate of drug-likeness (QED) is 0.481. The minimum absolute atomic E-state index is 0.00191. The van der Waals surface area contributed by atoms with E-state index in [0.29, 0.717) is 5.89 Å². The molecular weight excluding hydrogens is 374 g/mol. The number of oxazole rings is 1. The summed E-state index contributed by atoms with van der Waals surface area (Å²) in [5.74, 6) is 0.459. The summed E-state index contributed by atoms with van der Waals surface area (Å²) in [7, 11) is 0. The Morgan fingerprint density at radius 2 is 1.70 bits per heavy atom. The van der Waals surface area contributed by atoms with E-state index in [1.54, 1.807) is 12.2 Å². The number of benzene rings is 3. The molecule has 1 saturated heterocycles. The van der Waals surface area contributed by atoms with Crippen LogP contribution in [-0.2, 0) is 11.3 Å². The molecule has 1 aromatic heterocycles. The van der Waals surface area contributed by atoms with Crippen LogP contribution in [0.25, 0.3) is 27.9 Å². The monoisotopic (exact) mass is 397 g/mol. The van der Waals surface area contributed by atoms with Crippen molar-refractivity contribution < 1.29 is 9.21 Å². The van der Waals surface area contributed by atoms with E-state index in [2.05, 4.69) is 52.3 Å². The van der Waals surface area contributed by atoms with Crippen molar-refractivity contribution >= 4 is 33.9 Å². The Hall–Kier alpha value is -3.44. The van der Waals surface area contributed by atoms with Crippen molar-refractivity contribution in [2.45, 2.75) is 6.54 Å². The van der Waals surface area contributed by atoms with Gasteiger partial charge in [0.05, 0.1) is 0 Å². The van der Waals surface area contributed by atoms with Crippen LogP contribution in [0.5, 0.6) is 0 Å². The van der Waals surface area contributed by atoms with Crippen LogP contribution in [0.15, 0.2) is 77.2 Å². The van der Waals surface area contributed by atoms with Crippen molar-refractivity contribution in [3.63, 3.8) is 0 Å². The minimum Gasteiger partial charge on any atom is -0.437 e. The highest BCUT2D eigenvalue weighted by Gasteiger charge is 2.20. The Kier molecular flexibility index (Phi) is 5.03. The molecule has 0 bridgehead atoms. The Morgan fingerprint density at radius 1 is 0.933 bits per heavy atom. The lowest BCUT2D eigenvalue weighted by Gasteiger charge is -2.34. The summed E-state index contributed by atoms with van der Waals surface area (Å²) in [4.78, 5) is 21.3. The molecule has 5 heteroatoms.